The first-order valence-corrected chi connectivity index (χ1v) is 22.6. The largest absolute Gasteiger partial charge is 0.463 e. The number of nitrogens with one attached hydrogen (secondary N) is 2. The van der Waals surface area contributed by atoms with Gasteiger partial charge < -0.3 is 58.7 Å². The van der Waals surface area contributed by atoms with Crippen molar-refractivity contribution in [2.24, 2.45) is 0 Å². The third-order valence-corrected chi connectivity index (χ3v) is 12.7. The van der Waals surface area contributed by atoms with Crippen LogP contribution < -0.4 is 15.5 Å². The van der Waals surface area contributed by atoms with Gasteiger partial charge in [0.2, 0.25) is 5.91 Å². The zero-order chi connectivity index (χ0) is 47.0. The number of piperidine rings is 1. The van der Waals surface area contributed by atoms with Gasteiger partial charge in [-0.3, -0.25) is 24.0 Å². The number of rotatable bonds is 15. The molecule has 4 heterocycles. The summed E-state index contributed by atoms with van der Waals surface area (Å²) in [4.78, 5) is 66.6. The van der Waals surface area contributed by atoms with Crippen LogP contribution in [0.1, 0.15) is 88.0 Å². The molecule has 1 spiro atoms. The lowest BCUT2D eigenvalue weighted by Gasteiger charge is -2.45. The van der Waals surface area contributed by atoms with Gasteiger partial charge in [0, 0.05) is 78.0 Å². The van der Waals surface area contributed by atoms with E-state index < -0.39 is 66.2 Å². The van der Waals surface area contributed by atoms with Gasteiger partial charge in [0.15, 0.2) is 24.6 Å². The Bertz CT molecular complexity index is 2190. The van der Waals surface area contributed by atoms with Gasteiger partial charge in [-0.05, 0) is 41.7 Å². The molecule has 3 aromatic carbocycles. The number of ether oxygens (including phenoxy) is 7. The lowest BCUT2D eigenvalue weighted by Crippen LogP contribution is -2.62. The molecule has 18 heteroatoms. The smallest absolute Gasteiger partial charge is 0.303 e. The molecule has 0 radical (unpaired) electrons. The van der Waals surface area contributed by atoms with E-state index in [1.54, 1.807) is 0 Å². The van der Waals surface area contributed by atoms with E-state index in [9.17, 15) is 29.1 Å². The molecule has 0 aromatic heterocycles. The number of hydrogen-bond donors (Lipinski definition) is 3. The third kappa shape index (κ3) is 11.9. The van der Waals surface area contributed by atoms with Gasteiger partial charge in [-0.15, -0.1) is 0 Å². The van der Waals surface area contributed by atoms with Crippen LogP contribution in [0.5, 0.6) is 0 Å². The van der Waals surface area contributed by atoms with Crippen LogP contribution in [0.15, 0.2) is 78.9 Å². The van der Waals surface area contributed by atoms with Crippen LogP contribution in [0.2, 0.25) is 0 Å². The summed E-state index contributed by atoms with van der Waals surface area (Å²) in [5.74, 6) is -2.66. The Morgan fingerprint density at radius 2 is 1.38 bits per heavy atom. The second-order valence-corrected chi connectivity index (χ2v) is 17.6. The molecule has 4 fully saturated rings. The molecule has 0 aliphatic carbocycles. The molecule has 3 N–H and O–H groups in total. The van der Waals surface area contributed by atoms with Gasteiger partial charge in [-0.1, -0.05) is 78.9 Å². The first-order chi connectivity index (χ1) is 31.7. The number of aliphatic hydroxyl groups excluding tert-OH is 1. The van der Waals surface area contributed by atoms with E-state index in [1.807, 2.05) is 78.9 Å². The highest BCUT2D eigenvalue weighted by atomic mass is 32.1. The van der Waals surface area contributed by atoms with Gasteiger partial charge in [0.1, 0.15) is 24.4 Å². The van der Waals surface area contributed by atoms with Crippen molar-refractivity contribution < 1.29 is 62.2 Å². The van der Waals surface area contributed by atoms with Crippen molar-refractivity contribution in [1.82, 2.24) is 15.5 Å². The van der Waals surface area contributed by atoms with E-state index in [4.69, 9.17) is 45.4 Å². The number of likely N-dealkylation sites (tertiary alicyclic amines) is 1. The average Bonchev–Trinajstić information content (AvgIpc) is 3.61. The summed E-state index contributed by atoms with van der Waals surface area (Å²) in [6, 6.07) is 25.6. The van der Waals surface area contributed by atoms with Gasteiger partial charge in [0.05, 0.1) is 30.5 Å². The number of nitrogens with zero attached hydrogens (tertiary/aromatic N) is 2. The number of thiocarbonyl (C=S) groups is 1. The zero-order valence-electron chi connectivity index (χ0n) is 37.6. The molecule has 0 saturated carbocycles. The highest BCUT2D eigenvalue weighted by molar-refractivity contribution is 7.80. The molecule has 1 amide bonds. The van der Waals surface area contributed by atoms with E-state index in [2.05, 4.69) is 20.4 Å². The number of carbonyl (C=O) groups is 5. The van der Waals surface area contributed by atoms with Crippen molar-refractivity contribution in [2.45, 2.75) is 121 Å². The topological polar surface area (TPSA) is 201 Å². The molecule has 4 saturated heterocycles. The number of esters is 4. The molecule has 66 heavy (non-hydrogen) atoms. The number of amides is 1. The monoisotopic (exact) mass is 930 g/mol. The highest BCUT2D eigenvalue weighted by Gasteiger charge is 2.53. The molecule has 0 bridgehead atoms. The van der Waals surface area contributed by atoms with Crippen LogP contribution in [-0.2, 0) is 70.3 Å². The van der Waals surface area contributed by atoms with E-state index >= 15 is 0 Å². The van der Waals surface area contributed by atoms with Crippen molar-refractivity contribution >= 4 is 52.7 Å². The lowest BCUT2D eigenvalue weighted by atomic mass is 9.85. The molecular formula is C48H58N4O13S. The Labute approximate surface area is 389 Å². The Morgan fingerprint density at radius 1 is 0.773 bits per heavy atom. The van der Waals surface area contributed by atoms with Gasteiger partial charge >= 0.3 is 23.9 Å². The summed E-state index contributed by atoms with van der Waals surface area (Å²) >= 11 is 5.73. The Balaban J connectivity index is 1.01. The SMILES string of the molecule is CC(=O)OC[C@H]1O[C@@H](CC(=S)NCc2ccc(C3O[C@H](CN4CCC5(CC4)C(=O)NCN5c4ccccc4)C[C@H](c4ccc(CO)cc4)O3)cc2)[C@H](OC(C)=O)[C@@H](OC(C)=O)[C@@H]1OC(C)=O. The average molecular weight is 931 g/mol. The fourth-order valence-corrected chi connectivity index (χ4v) is 9.43. The maximum atomic E-state index is 13.3. The summed E-state index contributed by atoms with van der Waals surface area (Å²) in [6.45, 7) is 7.27. The van der Waals surface area contributed by atoms with Crippen molar-refractivity contribution in [3.63, 3.8) is 0 Å². The zero-order valence-corrected chi connectivity index (χ0v) is 38.4. The van der Waals surface area contributed by atoms with Crippen molar-refractivity contribution in [3.05, 3.63) is 101 Å². The van der Waals surface area contributed by atoms with Crippen LogP contribution in [0.3, 0.4) is 0 Å². The first kappa shape index (κ1) is 48.4. The molecule has 3 aromatic rings. The minimum atomic E-state index is -1.29. The number of hydrogen-bond acceptors (Lipinski definition) is 16. The molecule has 1 unspecified atom stereocenters. The van der Waals surface area contributed by atoms with E-state index in [1.165, 1.54) is 20.8 Å². The Kier molecular flexibility index (Phi) is 16.0. The standard InChI is InChI=1S/C48H58N4O13S/c1-29(54)59-27-41-44(61-31(3)56)45(62-32(4)57)43(60-30(2)55)40(64-41)23-42(66)49-24-33-10-16-36(17-11-33)46-63-38(22-39(65-46)35-14-12-34(26-53)13-15-35)25-51-20-18-48(19-21-51)47(58)50-28-52(48)37-8-6-5-7-9-37/h5-17,38-41,43-46,53H,18-28H2,1-4H3,(H,49,66)(H,50,58)/t38-,39+,40-,41+,43-,44+,45+,46?/m0/s1. The molecule has 4 aliphatic rings. The fourth-order valence-electron chi connectivity index (χ4n) is 9.19. The number of anilines is 1. The second kappa shape index (κ2) is 21.9. The molecule has 17 nitrogen and oxygen atoms in total. The second-order valence-electron chi connectivity index (χ2n) is 17.1. The summed E-state index contributed by atoms with van der Waals surface area (Å²) in [5, 5.41) is 16.0. The molecule has 7 rings (SSSR count). The quantitative estimate of drug-likeness (QED) is 0.112. The minimum Gasteiger partial charge on any atom is -0.463 e. The normalized spacial score (nSPS) is 26.2. The van der Waals surface area contributed by atoms with Gasteiger partial charge in [-0.2, -0.15) is 0 Å². The van der Waals surface area contributed by atoms with Gasteiger partial charge in [-0.25, -0.2) is 0 Å². The molecule has 354 valence electrons. The van der Waals surface area contributed by atoms with Crippen LogP contribution >= 0.6 is 12.2 Å². The Morgan fingerprint density at radius 3 is 2.00 bits per heavy atom. The van der Waals surface area contributed by atoms with Crippen molar-refractivity contribution in [3.8, 4) is 0 Å². The third-order valence-electron chi connectivity index (χ3n) is 12.4. The minimum absolute atomic E-state index is 0.00872. The van der Waals surface area contributed by atoms with Gasteiger partial charge in [0.25, 0.3) is 0 Å². The van der Waals surface area contributed by atoms with Crippen LogP contribution in [0, 0.1) is 0 Å². The van der Waals surface area contributed by atoms with Crippen LogP contribution in [0.25, 0.3) is 0 Å². The van der Waals surface area contributed by atoms with Crippen LogP contribution in [0.4, 0.5) is 5.69 Å². The van der Waals surface area contributed by atoms with E-state index in [0.29, 0.717) is 44.0 Å². The van der Waals surface area contributed by atoms with Crippen LogP contribution in [-0.4, -0.2) is 120 Å². The molecule has 8 atom stereocenters. The fraction of sp³-hybridized carbons (Fsp3) is 0.500. The number of carbonyl (C=O) groups excluding carboxylic acids is 5. The maximum Gasteiger partial charge on any atom is 0.303 e. The maximum absolute atomic E-state index is 13.3. The summed E-state index contributed by atoms with van der Waals surface area (Å²) in [5.41, 5.74) is 3.93. The number of benzene rings is 3. The predicted molar refractivity (Wildman–Crippen MR) is 241 cm³/mol. The first-order valence-electron chi connectivity index (χ1n) is 22.2. The van der Waals surface area contributed by atoms with Crippen molar-refractivity contribution in [2.75, 3.05) is 37.8 Å². The number of para-hydroxylation sites is 1. The number of aliphatic hydroxyl groups is 1. The highest BCUT2D eigenvalue weighted by Crippen LogP contribution is 2.40. The predicted octanol–water partition coefficient (Wildman–Crippen LogP) is 4.09. The molecule has 4 aliphatic heterocycles. The summed E-state index contributed by atoms with van der Waals surface area (Å²) in [7, 11) is 0. The summed E-state index contributed by atoms with van der Waals surface area (Å²) < 4.78 is 41.4. The summed E-state index contributed by atoms with van der Waals surface area (Å²) in [6.07, 6.45) is -4.95. The molecular weight excluding hydrogens is 873 g/mol. The lowest BCUT2D eigenvalue weighted by molar-refractivity contribution is -0.253. The van der Waals surface area contributed by atoms with E-state index in [0.717, 1.165) is 48.0 Å². The Hall–Kier alpha value is -5.50. The van der Waals surface area contributed by atoms with E-state index in [-0.39, 0.29) is 37.7 Å². The van der Waals surface area contributed by atoms with Crippen molar-refractivity contribution in [1.29, 1.82) is 0 Å².